The number of rotatable bonds is 6. The third-order valence-electron chi connectivity index (χ3n) is 5.38. The largest absolute Gasteiger partial charge is 0.489 e. The SMILES string of the molecule is O=C(C=Cc1ccc(OCc2ccccc2)cc1)N1CCN(C(=O)C2CC2)CC1. The topological polar surface area (TPSA) is 49.9 Å². The van der Waals surface area contributed by atoms with Gasteiger partial charge in [0.1, 0.15) is 12.4 Å². The zero-order valence-corrected chi connectivity index (χ0v) is 16.5. The Hall–Kier alpha value is -3.08. The number of carbonyl (C=O) groups excluding carboxylic acids is 2. The maximum absolute atomic E-state index is 12.4. The van der Waals surface area contributed by atoms with Gasteiger partial charge in [-0.25, -0.2) is 0 Å². The van der Waals surface area contributed by atoms with Crippen LogP contribution in [0.3, 0.4) is 0 Å². The van der Waals surface area contributed by atoms with Gasteiger partial charge >= 0.3 is 0 Å². The number of piperazine rings is 1. The summed E-state index contributed by atoms with van der Waals surface area (Å²) < 4.78 is 5.79. The van der Waals surface area contributed by atoms with Crippen molar-refractivity contribution in [1.82, 2.24) is 9.80 Å². The van der Waals surface area contributed by atoms with E-state index in [0.717, 1.165) is 29.7 Å². The Morgan fingerprint density at radius 2 is 1.55 bits per heavy atom. The summed E-state index contributed by atoms with van der Waals surface area (Å²) in [4.78, 5) is 28.2. The van der Waals surface area contributed by atoms with Crippen LogP contribution < -0.4 is 4.74 Å². The van der Waals surface area contributed by atoms with E-state index in [1.165, 1.54) is 0 Å². The highest BCUT2D eigenvalue weighted by Crippen LogP contribution is 2.31. The molecule has 0 unspecified atom stereocenters. The molecule has 1 aliphatic heterocycles. The van der Waals surface area contributed by atoms with Crippen molar-refractivity contribution in [1.29, 1.82) is 0 Å². The second-order valence-electron chi connectivity index (χ2n) is 7.60. The minimum absolute atomic E-state index is 0.00655. The van der Waals surface area contributed by atoms with E-state index in [4.69, 9.17) is 4.74 Å². The fourth-order valence-corrected chi connectivity index (χ4v) is 3.42. The zero-order valence-electron chi connectivity index (χ0n) is 16.5. The molecule has 1 saturated heterocycles. The van der Waals surface area contributed by atoms with E-state index in [0.29, 0.717) is 32.8 Å². The molecule has 2 amide bonds. The first-order valence-corrected chi connectivity index (χ1v) is 10.2. The van der Waals surface area contributed by atoms with Crippen molar-refractivity contribution in [2.75, 3.05) is 26.2 Å². The van der Waals surface area contributed by atoms with Gasteiger partial charge in [0, 0.05) is 38.2 Å². The van der Waals surface area contributed by atoms with Gasteiger partial charge < -0.3 is 14.5 Å². The normalized spacial score (nSPS) is 16.8. The van der Waals surface area contributed by atoms with Crippen molar-refractivity contribution in [2.24, 2.45) is 5.92 Å². The summed E-state index contributed by atoms with van der Waals surface area (Å²) in [6, 6.07) is 17.7. The molecule has 2 aliphatic rings. The van der Waals surface area contributed by atoms with E-state index in [2.05, 4.69) is 0 Å². The number of carbonyl (C=O) groups is 2. The lowest BCUT2D eigenvalue weighted by atomic mass is 10.2. The van der Waals surface area contributed by atoms with E-state index in [-0.39, 0.29) is 17.7 Å². The quantitative estimate of drug-likeness (QED) is 0.711. The summed E-state index contributed by atoms with van der Waals surface area (Å²) in [6.45, 7) is 3.02. The van der Waals surface area contributed by atoms with Crippen LogP contribution in [-0.4, -0.2) is 47.8 Å². The highest BCUT2D eigenvalue weighted by Gasteiger charge is 2.34. The molecule has 150 valence electrons. The minimum atomic E-state index is -0.00655. The Morgan fingerprint density at radius 3 is 2.21 bits per heavy atom. The van der Waals surface area contributed by atoms with Crippen LogP contribution in [-0.2, 0) is 16.2 Å². The highest BCUT2D eigenvalue weighted by molar-refractivity contribution is 5.92. The molecule has 1 saturated carbocycles. The molecule has 0 radical (unpaired) electrons. The van der Waals surface area contributed by atoms with Crippen LogP contribution in [0, 0.1) is 5.92 Å². The van der Waals surface area contributed by atoms with Gasteiger partial charge in [0.15, 0.2) is 0 Å². The van der Waals surface area contributed by atoms with Crippen LogP contribution in [0.1, 0.15) is 24.0 Å². The fraction of sp³-hybridized carbons (Fsp3) is 0.333. The molecule has 2 fully saturated rings. The third-order valence-corrected chi connectivity index (χ3v) is 5.38. The molecule has 5 heteroatoms. The highest BCUT2D eigenvalue weighted by atomic mass is 16.5. The van der Waals surface area contributed by atoms with Crippen molar-refractivity contribution in [3.8, 4) is 5.75 Å². The number of ether oxygens (including phenoxy) is 1. The maximum Gasteiger partial charge on any atom is 0.246 e. The Morgan fingerprint density at radius 1 is 0.897 bits per heavy atom. The molecule has 0 aromatic heterocycles. The van der Waals surface area contributed by atoms with Crippen molar-refractivity contribution >= 4 is 17.9 Å². The lowest BCUT2D eigenvalue weighted by Crippen LogP contribution is -2.50. The smallest absolute Gasteiger partial charge is 0.246 e. The monoisotopic (exact) mass is 390 g/mol. The summed E-state index contributed by atoms with van der Waals surface area (Å²) >= 11 is 0. The molecular formula is C24H26N2O3. The van der Waals surface area contributed by atoms with Crippen LogP contribution in [0.15, 0.2) is 60.7 Å². The van der Waals surface area contributed by atoms with Gasteiger partial charge in [-0.15, -0.1) is 0 Å². The zero-order chi connectivity index (χ0) is 20.1. The van der Waals surface area contributed by atoms with Gasteiger partial charge in [0.25, 0.3) is 0 Å². The molecular weight excluding hydrogens is 364 g/mol. The van der Waals surface area contributed by atoms with Gasteiger partial charge in [-0.2, -0.15) is 0 Å². The van der Waals surface area contributed by atoms with Gasteiger partial charge in [-0.1, -0.05) is 42.5 Å². The molecule has 1 heterocycles. The predicted octanol–water partition coefficient (Wildman–Crippen LogP) is 3.36. The number of amides is 2. The number of hydrogen-bond acceptors (Lipinski definition) is 3. The first-order valence-electron chi connectivity index (χ1n) is 10.2. The fourth-order valence-electron chi connectivity index (χ4n) is 3.42. The van der Waals surface area contributed by atoms with Crippen LogP contribution in [0.5, 0.6) is 5.75 Å². The van der Waals surface area contributed by atoms with E-state index in [1.807, 2.05) is 70.5 Å². The molecule has 5 nitrogen and oxygen atoms in total. The molecule has 0 bridgehead atoms. The second kappa shape index (κ2) is 8.95. The maximum atomic E-state index is 12.4. The lowest BCUT2D eigenvalue weighted by Gasteiger charge is -2.34. The Kier molecular flexibility index (Phi) is 5.94. The molecule has 0 atom stereocenters. The van der Waals surface area contributed by atoms with E-state index in [1.54, 1.807) is 6.08 Å². The number of benzene rings is 2. The van der Waals surface area contributed by atoms with Gasteiger partial charge in [0.05, 0.1) is 0 Å². The first kappa shape index (κ1) is 19.2. The van der Waals surface area contributed by atoms with Crippen LogP contribution in [0.2, 0.25) is 0 Å². The van der Waals surface area contributed by atoms with Gasteiger partial charge in [-0.3, -0.25) is 9.59 Å². The van der Waals surface area contributed by atoms with Crippen LogP contribution in [0.25, 0.3) is 6.08 Å². The van der Waals surface area contributed by atoms with Crippen LogP contribution in [0.4, 0.5) is 0 Å². The van der Waals surface area contributed by atoms with Gasteiger partial charge in [-0.05, 0) is 42.2 Å². The van der Waals surface area contributed by atoms with Crippen LogP contribution >= 0.6 is 0 Å². The van der Waals surface area contributed by atoms with Crippen molar-refractivity contribution in [3.05, 3.63) is 71.8 Å². The van der Waals surface area contributed by atoms with Crippen molar-refractivity contribution in [2.45, 2.75) is 19.4 Å². The molecule has 2 aromatic rings. The average molecular weight is 390 g/mol. The Labute approximate surface area is 171 Å². The molecule has 0 N–H and O–H groups in total. The lowest BCUT2D eigenvalue weighted by molar-refractivity contribution is -0.138. The summed E-state index contributed by atoms with van der Waals surface area (Å²) in [6.07, 6.45) is 5.48. The van der Waals surface area contributed by atoms with E-state index in [9.17, 15) is 9.59 Å². The first-order chi connectivity index (χ1) is 14.2. The molecule has 0 spiro atoms. The summed E-state index contributed by atoms with van der Waals surface area (Å²) in [5, 5.41) is 0. The molecule has 2 aromatic carbocycles. The number of nitrogens with zero attached hydrogens (tertiary/aromatic N) is 2. The van der Waals surface area contributed by atoms with E-state index < -0.39 is 0 Å². The summed E-state index contributed by atoms with van der Waals surface area (Å²) in [5.74, 6) is 1.31. The molecule has 4 rings (SSSR count). The Bertz CT molecular complexity index is 865. The summed E-state index contributed by atoms with van der Waals surface area (Å²) in [7, 11) is 0. The summed E-state index contributed by atoms with van der Waals surface area (Å²) in [5.41, 5.74) is 2.08. The standard InChI is InChI=1S/C24H26N2O3/c27-23(25-14-16-26(17-15-25)24(28)21-9-10-21)13-8-19-6-11-22(12-7-19)29-18-20-4-2-1-3-5-20/h1-8,11-13,21H,9-10,14-18H2. The molecule has 1 aliphatic carbocycles. The second-order valence-corrected chi connectivity index (χ2v) is 7.60. The van der Waals surface area contributed by atoms with E-state index >= 15 is 0 Å². The number of hydrogen-bond donors (Lipinski definition) is 0. The molecule has 29 heavy (non-hydrogen) atoms. The average Bonchev–Trinajstić information content (AvgIpc) is 3.62. The van der Waals surface area contributed by atoms with Crippen molar-refractivity contribution < 1.29 is 14.3 Å². The van der Waals surface area contributed by atoms with Gasteiger partial charge in [0.2, 0.25) is 11.8 Å². The van der Waals surface area contributed by atoms with Crippen molar-refractivity contribution in [3.63, 3.8) is 0 Å². The minimum Gasteiger partial charge on any atom is -0.489 e. The Balaban J connectivity index is 1.24. The predicted molar refractivity (Wildman–Crippen MR) is 112 cm³/mol. The third kappa shape index (κ3) is 5.25.